The third kappa shape index (κ3) is 3.21. The number of amides is 2. The first-order valence-corrected chi connectivity index (χ1v) is 6.22. The van der Waals surface area contributed by atoms with Crippen LogP contribution < -0.4 is 11.1 Å². The molecule has 3 N–H and O–H groups in total. The number of piperazine rings is 1. The molecular formula is C13H20N4O. The summed E-state index contributed by atoms with van der Waals surface area (Å²) in [5, 5.41) is 2.91. The molecule has 5 nitrogen and oxygen atoms in total. The Morgan fingerprint density at radius 3 is 2.39 bits per heavy atom. The molecule has 1 heterocycles. The molecular weight excluding hydrogens is 228 g/mol. The largest absolute Gasteiger partial charge is 0.326 e. The molecule has 1 fully saturated rings. The fraction of sp³-hybridized carbons (Fsp3) is 0.462. The number of carbonyl (C=O) groups is 1. The van der Waals surface area contributed by atoms with Crippen LogP contribution in [0.3, 0.4) is 0 Å². The van der Waals surface area contributed by atoms with Gasteiger partial charge in [-0.05, 0) is 24.7 Å². The summed E-state index contributed by atoms with van der Waals surface area (Å²) in [4.78, 5) is 16.1. The second-order valence-corrected chi connectivity index (χ2v) is 4.62. The van der Waals surface area contributed by atoms with Gasteiger partial charge in [-0.3, -0.25) is 0 Å². The molecule has 0 aromatic heterocycles. The lowest BCUT2D eigenvalue weighted by Gasteiger charge is -2.32. The molecule has 0 spiro atoms. The first-order valence-electron chi connectivity index (χ1n) is 6.22. The first-order chi connectivity index (χ1) is 8.69. The van der Waals surface area contributed by atoms with Crippen LogP contribution in [0.1, 0.15) is 5.56 Å². The number of urea groups is 1. The smallest absolute Gasteiger partial charge is 0.321 e. The van der Waals surface area contributed by atoms with Crippen LogP contribution in [-0.4, -0.2) is 49.1 Å². The minimum Gasteiger partial charge on any atom is -0.326 e. The van der Waals surface area contributed by atoms with Gasteiger partial charge in [0.25, 0.3) is 0 Å². The number of hydrogen-bond donors (Lipinski definition) is 2. The number of anilines is 1. The third-order valence-corrected chi connectivity index (χ3v) is 3.23. The van der Waals surface area contributed by atoms with Crippen molar-refractivity contribution < 1.29 is 4.79 Å². The number of rotatable bonds is 2. The van der Waals surface area contributed by atoms with Crippen LogP contribution in [0.2, 0.25) is 0 Å². The summed E-state index contributed by atoms with van der Waals surface area (Å²) >= 11 is 0. The van der Waals surface area contributed by atoms with Crippen molar-refractivity contribution in [2.24, 2.45) is 5.73 Å². The van der Waals surface area contributed by atoms with E-state index in [1.54, 1.807) is 0 Å². The van der Waals surface area contributed by atoms with Gasteiger partial charge in [-0.2, -0.15) is 0 Å². The number of likely N-dealkylation sites (N-methyl/N-ethyl adjacent to an activating group) is 1. The van der Waals surface area contributed by atoms with E-state index >= 15 is 0 Å². The molecule has 1 aliphatic heterocycles. The number of nitrogens with zero attached hydrogens (tertiary/aromatic N) is 2. The van der Waals surface area contributed by atoms with Crippen molar-refractivity contribution in [2.75, 3.05) is 38.5 Å². The number of nitrogens with two attached hydrogens (primary N) is 1. The van der Waals surface area contributed by atoms with E-state index in [9.17, 15) is 4.79 Å². The van der Waals surface area contributed by atoms with Crippen LogP contribution in [0.5, 0.6) is 0 Å². The van der Waals surface area contributed by atoms with E-state index in [1.807, 2.05) is 29.2 Å². The predicted octanol–water partition coefficient (Wildman–Crippen LogP) is 0.925. The number of nitrogens with one attached hydrogen (secondary N) is 1. The van der Waals surface area contributed by atoms with Gasteiger partial charge in [0.2, 0.25) is 0 Å². The van der Waals surface area contributed by atoms with Crippen molar-refractivity contribution in [1.82, 2.24) is 9.80 Å². The summed E-state index contributed by atoms with van der Waals surface area (Å²) in [6.07, 6.45) is 0. The van der Waals surface area contributed by atoms with E-state index in [4.69, 9.17) is 5.73 Å². The molecule has 98 valence electrons. The average Bonchev–Trinajstić information content (AvgIpc) is 2.40. The monoisotopic (exact) mass is 248 g/mol. The van der Waals surface area contributed by atoms with Crippen molar-refractivity contribution in [3.05, 3.63) is 29.8 Å². The SMILES string of the molecule is CN1CCN(C(=O)Nc2ccc(CN)cc2)CC1. The molecule has 0 aliphatic carbocycles. The Labute approximate surface area is 108 Å². The standard InChI is InChI=1S/C13H20N4O/c1-16-6-8-17(9-7-16)13(18)15-12-4-2-11(10-14)3-5-12/h2-5H,6-10,14H2,1H3,(H,15,18). The van der Waals surface area contributed by atoms with Crippen LogP contribution in [0.15, 0.2) is 24.3 Å². The van der Waals surface area contributed by atoms with Crippen LogP contribution in [0.4, 0.5) is 10.5 Å². The molecule has 1 aromatic carbocycles. The molecule has 5 heteroatoms. The Morgan fingerprint density at radius 2 is 1.83 bits per heavy atom. The number of benzene rings is 1. The van der Waals surface area contributed by atoms with Gasteiger partial charge < -0.3 is 20.9 Å². The number of carbonyl (C=O) groups excluding carboxylic acids is 1. The van der Waals surface area contributed by atoms with Crippen LogP contribution in [0, 0.1) is 0 Å². The van der Waals surface area contributed by atoms with E-state index in [-0.39, 0.29) is 6.03 Å². The van der Waals surface area contributed by atoms with Gasteiger partial charge in [-0.1, -0.05) is 12.1 Å². The molecule has 0 radical (unpaired) electrons. The fourth-order valence-corrected chi connectivity index (χ4v) is 1.94. The molecule has 0 bridgehead atoms. The van der Waals surface area contributed by atoms with E-state index in [2.05, 4.69) is 17.3 Å². The Hall–Kier alpha value is -1.59. The average molecular weight is 248 g/mol. The van der Waals surface area contributed by atoms with Crippen LogP contribution >= 0.6 is 0 Å². The molecule has 18 heavy (non-hydrogen) atoms. The third-order valence-electron chi connectivity index (χ3n) is 3.23. The highest BCUT2D eigenvalue weighted by Gasteiger charge is 2.18. The summed E-state index contributed by atoms with van der Waals surface area (Å²) in [6, 6.07) is 7.61. The molecule has 1 saturated heterocycles. The highest BCUT2D eigenvalue weighted by atomic mass is 16.2. The molecule has 1 aliphatic rings. The zero-order valence-corrected chi connectivity index (χ0v) is 10.7. The maximum absolute atomic E-state index is 12.0. The lowest BCUT2D eigenvalue weighted by Crippen LogP contribution is -2.48. The van der Waals surface area contributed by atoms with Gasteiger partial charge in [0.05, 0.1) is 0 Å². The highest BCUT2D eigenvalue weighted by Crippen LogP contribution is 2.10. The van der Waals surface area contributed by atoms with Crippen molar-refractivity contribution in [1.29, 1.82) is 0 Å². The van der Waals surface area contributed by atoms with Gasteiger partial charge in [0, 0.05) is 38.4 Å². The summed E-state index contributed by atoms with van der Waals surface area (Å²) in [7, 11) is 2.07. The van der Waals surface area contributed by atoms with Crippen molar-refractivity contribution in [3.63, 3.8) is 0 Å². The maximum Gasteiger partial charge on any atom is 0.321 e. The van der Waals surface area contributed by atoms with Gasteiger partial charge >= 0.3 is 6.03 Å². The minimum absolute atomic E-state index is 0.0244. The molecule has 0 saturated carbocycles. The maximum atomic E-state index is 12.0. The Balaban J connectivity index is 1.90. The minimum atomic E-state index is -0.0244. The van der Waals surface area contributed by atoms with E-state index in [1.165, 1.54) is 0 Å². The highest BCUT2D eigenvalue weighted by molar-refractivity contribution is 5.89. The summed E-state index contributed by atoms with van der Waals surface area (Å²) in [5.74, 6) is 0. The summed E-state index contributed by atoms with van der Waals surface area (Å²) in [6.45, 7) is 3.94. The first kappa shape index (κ1) is 12.9. The predicted molar refractivity (Wildman–Crippen MR) is 72.4 cm³/mol. The summed E-state index contributed by atoms with van der Waals surface area (Å²) < 4.78 is 0. The Kier molecular flexibility index (Phi) is 4.17. The van der Waals surface area contributed by atoms with E-state index < -0.39 is 0 Å². The molecule has 0 unspecified atom stereocenters. The van der Waals surface area contributed by atoms with Gasteiger partial charge in [0.15, 0.2) is 0 Å². The van der Waals surface area contributed by atoms with Crippen LogP contribution in [-0.2, 0) is 6.54 Å². The Bertz CT molecular complexity index is 396. The zero-order chi connectivity index (χ0) is 13.0. The van der Waals surface area contributed by atoms with Crippen molar-refractivity contribution >= 4 is 11.7 Å². The molecule has 1 aromatic rings. The fourth-order valence-electron chi connectivity index (χ4n) is 1.94. The number of hydrogen-bond acceptors (Lipinski definition) is 3. The molecule has 2 rings (SSSR count). The van der Waals surface area contributed by atoms with Gasteiger partial charge in [-0.25, -0.2) is 4.79 Å². The van der Waals surface area contributed by atoms with Crippen molar-refractivity contribution in [2.45, 2.75) is 6.54 Å². The lowest BCUT2D eigenvalue weighted by molar-refractivity contribution is 0.164. The molecule has 2 amide bonds. The quantitative estimate of drug-likeness (QED) is 0.818. The normalized spacial score (nSPS) is 16.7. The zero-order valence-electron chi connectivity index (χ0n) is 10.7. The van der Waals surface area contributed by atoms with E-state index in [0.29, 0.717) is 6.54 Å². The molecule has 0 atom stereocenters. The lowest BCUT2D eigenvalue weighted by atomic mass is 10.2. The van der Waals surface area contributed by atoms with Crippen molar-refractivity contribution in [3.8, 4) is 0 Å². The Morgan fingerprint density at radius 1 is 1.22 bits per heavy atom. The second-order valence-electron chi connectivity index (χ2n) is 4.62. The summed E-state index contributed by atoms with van der Waals surface area (Å²) in [5.41, 5.74) is 7.41. The topological polar surface area (TPSA) is 61.6 Å². The van der Waals surface area contributed by atoms with Crippen LogP contribution in [0.25, 0.3) is 0 Å². The van der Waals surface area contributed by atoms with E-state index in [0.717, 1.165) is 37.4 Å². The second kappa shape index (κ2) is 5.84. The van der Waals surface area contributed by atoms with Gasteiger partial charge in [0.1, 0.15) is 0 Å². The van der Waals surface area contributed by atoms with Gasteiger partial charge in [-0.15, -0.1) is 0 Å².